The molecular formula is C13H11F3N2O2. The van der Waals surface area contributed by atoms with E-state index in [4.69, 9.17) is 4.74 Å². The zero-order valence-corrected chi connectivity index (χ0v) is 10.5. The van der Waals surface area contributed by atoms with Gasteiger partial charge in [-0.15, -0.1) is 0 Å². The second-order valence-electron chi connectivity index (χ2n) is 4.08. The van der Waals surface area contributed by atoms with Crippen LogP contribution in [0.3, 0.4) is 0 Å². The largest absolute Gasteiger partial charge is 0.497 e. The van der Waals surface area contributed by atoms with Gasteiger partial charge in [0.2, 0.25) is 0 Å². The number of rotatable bonds is 4. The number of hydrogen-bond acceptors (Lipinski definition) is 3. The van der Waals surface area contributed by atoms with Gasteiger partial charge in [-0.1, -0.05) is 12.1 Å². The first-order chi connectivity index (χ1) is 9.40. The van der Waals surface area contributed by atoms with E-state index in [1.165, 1.54) is 13.2 Å². The van der Waals surface area contributed by atoms with Crippen LogP contribution in [0, 0.1) is 0 Å². The Morgan fingerprint density at radius 2 is 2.15 bits per heavy atom. The fourth-order valence-electron chi connectivity index (χ4n) is 1.63. The van der Waals surface area contributed by atoms with Crippen molar-refractivity contribution in [3.63, 3.8) is 0 Å². The normalized spacial score (nSPS) is 11.4. The number of halogens is 3. The summed E-state index contributed by atoms with van der Waals surface area (Å²) in [7, 11) is 1.46. The maximum Gasteiger partial charge on any atom is 0.419 e. The van der Waals surface area contributed by atoms with Gasteiger partial charge < -0.3 is 4.74 Å². The van der Waals surface area contributed by atoms with Crippen LogP contribution in [0.2, 0.25) is 0 Å². The molecule has 7 heteroatoms. The predicted molar refractivity (Wildman–Crippen MR) is 64.6 cm³/mol. The molecule has 0 N–H and O–H groups in total. The molecule has 0 saturated heterocycles. The lowest BCUT2D eigenvalue weighted by atomic mass is 10.1. The van der Waals surface area contributed by atoms with Crippen molar-refractivity contribution >= 4 is 5.78 Å². The summed E-state index contributed by atoms with van der Waals surface area (Å²) in [5, 5.41) is 3.54. The fourth-order valence-corrected chi connectivity index (χ4v) is 1.63. The van der Waals surface area contributed by atoms with Gasteiger partial charge in [0.15, 0.2) is 5.78 Å². The van der Waals surface area contributed by atoms with Crippen LogP contribution in [0.5, 0.6) is 5.75 Å². The molecule has 0 bridgehead atoms. The van der Waals surface area contributed by atoms with Crippen molar-refractivity contribution in [3.05, 3.63) is 47.8 Å². The lowest BCUT2D eigenvalue weighted by molar-refractivity contribution is -0.137. The van der Waals surface area contributed by atoms with Crippen LogP contribution in [0.1, 0.15) is 15.9 Å². The number of Topliss-reactive ketones (excluding diaryl/α,β-unsaturated/α-hetero) is 1. The van der Waals surface area contributed by atoms with Gasteiger partial charge in [0.05, 0.1) is 18.9 Å². The SMILES string of the molecule is COc1cccc(C(=O)Cn2cc(C(F)(F)F)cn2)c1. The van der Waals surface area contributed by atoms with Crippen LogP contribution in [-0.2, 0) is 12.7 Å². The van der Waals surface area contributed by atoms with Gasteiger partial charge in [-0.2, -0.15) is 18.3 Å². The van der Waals surface area contributed by atoms with Crippen molar-refractivity contribution in [3.8, 4) is 5.75 Å². The minimum Gasteiger partial charge on any atom is -0.497 e. The molecule has 0 aliphatic heterocycles. The fraction of sp³-hybridized carbons (Fsp3) is 0.231. The van der Waals surface area contributed by atoms with Gasteiger partial charge in [-0.25, -0.2) is 0 Å². The maximum atomic E-state index is 12.4. The third kappa shape index (κ3) is 3.17. The molecule has 2 aromatic rings. The maximum absolute atomic E-state index is 12.4. The molecule has 0 spiro atoms. The summed E-state index contributed by atoms with van der Waals surface area (Å²) in [6.45, 7) is -0.261. The number of alkyl halides is 3. The number of benzene rings is 1. The van der Waals surface area contributed by atoms with Gasteiger partial charge in [-0.3, -0.25) is 9.48 Å². The summed E-state index contributed by atoms with van der Waals surface area (Å²) >= 11 is 0. The van der Waals surface area contributed by atoms with Crippen LogP contribution in [0.25, 0.3) is 0 Å². The molecular weight excluding hydrogens is 273 g/mol. The molecule has 0 atom stereocenters. The molecule has 1 heterocycles. The van der Waals surface area contributed by atoms with Crippen molar-refractivity contribution in [1.82, 2.24) is 9.78 Å². The Hall–Kier alpha value is -2.31. The molecule has 106 valence electrons. The number of carbonyl (C=O) groups excluding carboxylic acids is 1. The summed E-state index contributed by atoms with van der Waals surface area (Å²) in [5.41, 5.74) is -0.524. The van der Waals surface area contributed by atoms with Crippen molar-refractivity contribution < 1.29 is 22.7 Å². The van der Waals surface area contributed by atoms with Gasteiger partial charge in [0, 0.05) is 11.8 Å². The monoisotopic (exact) mass is 284 g/mol. The Balaban J connectivity index is 2.13. The molecule has 1 aromatic carbocycles. The second kappa shape index (κ2) is 5.36. The predicted octanol–water partition coefficient (Wildman–Crippen LogP) is 2.79. The summed E-state index contributed by atoms with van der Waals surface area (Å²) < 4.78 is 43.2. The number of aromatic nitrogens is 2. The number of nitrogens with zero attached hydrogens (tertiary/aromatic N) is 2. The molecule has 0 aliphatic carbocycles. The molecule has 4 nitrogen and oxygen atoms in total. The number of methoxy groups -OCH3 is 1. The highest BCUT2D eigenvalue weighted by Crippen LogP contribution is 2.28. The van der Waals surface area contributed by atoms with E-state index < -0.39 is 11.7 Å². The van der Waals surface area contributed by atoms with E-state index in [0.717, 1.165) is 10.9 Å². The molecule has 20 heavy (non-hydrogen) atoms. The first kappa shape index (κ1) is 14.1. The van der Waals surface area contributed by atoms with E-state index in [0.29, 0.717) is 17.5 Å². The Morgan fingerprint density at radius 3 is 2.75 bits per heavy atom. The van der Waals surface area contributed by atoms with Crippen molar-refractivity contribution in [2.24, 2.45) is 0 Å². The summed E-state index contributed by atoms with van der Waals surface area (Å²) in [5.74, 6) is 0.160. The molecule has 0 unspecified atom stereocenters. The molecule has 0 radical (unpaired) electrons. The van der Waals surface area contributed by atoms with Crippen LogP contribution >= 0.6 is 0 Å². The van der Waals surface area contributed by atoms with Crippen molar-refractivity contribution in [1.29, 1.82) is 0 Å². The molecule has 1 aromatic heterocycles. The lowest BCUT2D eigenvalue weighted by Crippen LogP contribution is -2.11. The third-order valence-electron chi connectivity index (χ3n) is 2.66. The van der Waals surface area contributed by atoms with Gasteiger partial charge >= 0.3 is 6.18 Å². The number of carbonyl (C=O) groups is 1. The van der Waals surface area contributed by atoms with Gasteiger partial charge in [0.25, 0.3) is 0 Å². The molecule has 0 amide bonds. The van der Waals surface area contributed by atoms with Crippen molar-refractivity contribution in [2.45, 2.75) is 12.7 Å². The number of hydrogen-bond donors (Lipinski definition) is 0. The molecule has 0 aliphatic rings. The topological polar surface area (TPSA) is 44.1 Å². The Labute approximate surface area is 112 Å². The molecule has 2 rings (SSSR count). The summed E-state index contributed by atoms with van der Waals surface area (Å²) in [6.07, 6.45) is -2.96. The van der Waals surface area contributed by atoms with Crippen LogP contribution in [0.4, 0.5) is 13.2 Å². The van der Waals surface area contributed by atoms with E-state index in [-0.39, 0.29) is 12.3 Å². The quantitative estimate of drug-likeness (QED) is 0.811. The smallest absolute Gasteiger partial charge is 0.419 e. The second-order valence-corrected chi connectivity index (χ2v) is 4.08. The van der Waals surface area contributed by atoms with E-state index in [9.17, 15) is 18.0 Å². The standard InChI is InChI=1S/C13H11F3N2O2/c1-20-11-4-2-3-9(5-11)12(19)8-18-7-10(6-17-18)13(14,15)16/h2-7H,8H2,1H3. The third-order valence-corrected chi connectivity index (χ3v) is 2.66. The van der Waals surface area contributed by atoms with Crippen LogP contribution < -0.4 is 4.74 Å². The summed E-state index contributed by atoms with van der Waals surface area (Å²) in [6, 6.07) is 6.40. The first-order valence-corrected chi connectivity index (χ1v) is 5.67. The highest BCUT2D eigenvalue weighted by molar-refractivity contribution is 5.96. The average Bonchev–Trinajstić information content (AvgIpc) is 2.87. The highest BCUT2D eigenvalue weighted by atomic mass is 19.4. The van der Waals surface area contributed by atoms with Crippen molar-refractivity contribution in [2.75, 3.05) is 7.11 Å². The lowest BCUT2D eigenvalue weighted by Gasteiger charge is -2.04. The zero-order valence-electron chi connectivity index (χ0n) is 10.5. The first-order valence-electron chi connectivity index (χ1n) is 5.67. The molecule has 0 fully saturated rings. The van der Waals surface area contributed by atoms with E-state index >= 15 is 0 Å². The molecule has 0 saturated carbocycles. The number of ketones is 1. The number of ether oxygens (including phenoxy) is 1. The van der Waals surface area contributed by atoms with Crippen LogP contribution in [0.15, 0.2) is 36.7 Å². The van der Waals surface area contributed by atoms with E-state index in [2.05, 4.69) is 5.10 Å². The van der Waals surface area contributed by atoms with Gasteiger partial charge in [0.1, 0.15) is 12.3 Å². The summed E-state index contributed by atoms with van der Waals surface area (Å²) in [4.78, 5) is 11.9. The van der Waals surface area contributed by atoms with Gasteiger partial charge in [-0.05, 0) is 12.1 Å². The zero-order chi connectivity index (χ0) is 14.8. The minimum atomic E-state index is -4.46. The van der Waals surface area contributed by atoms with E-state index in [1.54, 1.807) is 18.2 Å². The Morgan fingerprint density at radius 1 is 1.40 bits per heavy atom. The Kier molecular flexibility index (Phi) is 3.78. The highest BCUT2D eigenvalue weighted by Gasteiger charge is 2.32. The Bertz CT molecular complexity index is 620. The minimum absolute atomic E-state index is 0.261. The van der Waals surface area contributed by atoms with Crippen LogP contribution in [-0.4, -0.2) is 22.7 Å². The van der Waals surface area contributed by atoms with E-state index in [1.807, 2.05) is 0 Å². The average molecular weight is 284 g/mol.